The van der Waals surface area contributed by atoms with Gasteiger partial charge in [-0.05, 0) is 70.5 Å². The van der Waals surface area contributed by atoms with Crippen LogP contribution in [0.3, 0.4) is 0 Å². The molecule has 192 valence electrons. The lowest BCUT2D eigenvalue weighted by Gasteiger charge is -2.24. The first kappa shape index (κ1) is 25.8. The van der Waals surface area contributed by atoms with E-state index < -0.39 is 17.7 Å². The Morgan fingerprint density at radius 2 is 1.76 bits per heavy atom. The minimum Gasteiger partial charge on any atom is -0.461 e. The Morgan fingerprint density at radius 1 is 1.08 bits per heavy atom. The zero-order valence-corrected chi connectivity index (χ0v) is 21.4. The van der Waals surface area contributed by atoms with Gasteiger partial charge in [-0.25, -0.2) is 9.59 Å². The van der Waals surface area contributed by atoms with Crippen LogP contribution in [-0.2, 0) is 9.47 Å². The molecule has 0 saturated carbocycles. The van der Waals surface area contributed by atoms with Gasteiger partial charge in [-0.3, -0.25) is 4.68 Å². The van der Waals surface area contributed by atoms with Crippen molar-refractivity contribution in [2.75, 3.05) is 19.7 Å². The van der Waals surface area contributed by atoms with E-state index in [4.69, 9.17) is 19.3 Å². The summed E-state index contributed by atoms with van der Waals surface area (Å²) >= 11 is 0. The lowest BCUT2D eigenvalue weighted by Crippen LogP contribution is -2.35. The maximum absolute atomic E-state index is 12.9. The molecule has 2 heterocycles. The van der Waals surface area contributed by atoms with Crippen molar-refractivity contribution in [1.29, 1.82) is 5.26 Å². The number of hydrogen-bond acceptors (Lipinski definition) is 7. The number of carbonyl (C=O) groups is 2. The average molecular weight is 503 g/mol. The molecular weight excluding hydrogens is 472 g/mol. The third kappa shape index (κ3) is 5.92. The van der Waals surface area contributed by atoms with E-state index in [9.17, 15) is 14.9 Å². The number of likely N-dealkylation sites (tertiary alicyclic amines) is 1. The Bertz CT molecular complexity index is 1300. The van der Waals surface area contributed by atoms with Crippen molar-refractivity contribution in [2.24, 2.45) is 0 Å². The van der Waals surface area contributed by atoms with Gasteiger partial charge in [0, 0.05) is 18.7 Å². The number of amides is 1. The summed E-state index contributed by atoms with van der Waals surface area (Å²) in [6.07, 6.45) is 0.135. The highest BCUT2D eigenvalue weighted by molar-refractivity contribution is 5.93. The van der Waals surface area contributed by atoms with E-state index in [1.165, 1.54) is 4.68 Å². The number of para-hydroxylation sites is 1. The van der Waals surface area contributed by atoms with Crippen LogP contribution in [0, 0.1) is 11.3 Å². The molecule has 0 N–H and O–H groups in total. The third-order valence-electron chi connectivity index (χ3n) is 5.76. The van der Waals surface area contributed by atoms with Crippen LogP contribution in [0.1, 0.15) is 56.2 Å². The van der Waals surface area contributed by atoms with E-state index in [0.717, 1.165) is 0 Å². The van der Waals surface area contributed by atoms with E-state index >= 15 is 0 Å². The summed E-state index contributed by atoms with van der Waals surface area (Å²) in [6, 6.07) is 18.4. The number of carbonyl (C=O) groups excluding carboxylic acids is 2. The topological polar surface area (TPSA) is 107 Å². The first-order valence-corrected chi connectivity index (χ1v) is 12.2. The number of benzene rings is 2. The van der Waals surface area contributed by atoms with Gasteiger partial charge >= 0.3 is 12.1 Å². The molecule has 9 nitrogen and oxygen atoms in total. The normalized spacial score (nSPS) is 15.2. The molecule has 0 unspecified atom stereocenters. The van der Waals surface area contributed by atoms with E-state index in [1.54, 1.807) is 36.1 Å². The van der Waals surface area contributed by atoms with Gasteiger partial charge < -0.3 is 19.1 Å². The monoisotopic (exact) mass is 502 g/mol. The van der Waals surface area contributed by atoms with Crippen LogP contribution in [0.15, 0.2) is 54.6 Å². The molecule has 1 amide bonds. The summed E-state index contributed by atoms with van der Waals surface area (Å²) in [5.41, 5.74) is 0.621. The fourth-order valence-electron chi connectivity index (χ4n) is 4.14. The highest BCUT2D eigenvalue weighted by Crippen LogP contribution is 2.33. The fourth-order valence-corrected chi connectivity index (χ4v) is 4.14. The molecule has 0 bridgehead atoms. The van der Waals surface area contributed by atoms with Crippen LogP contribution >= 0.6 is 0 Å². The summed E-state index contributed by atoms with van der Waals surface area (Å²) < 4.78 is 18.2. The lowest BCUT2D eigenvalue weighted by atomic mass is 10.1. The quantitative estimate of drug-likeness (QED) is 0.405. The molecule has 0 spiro atoms. The smallest absolute Gasteiger partial charge is 0.410 e. The van der Waals surface area contributed by atoms with Crippen molar-refractivity contribution in [3.63, 3.8) is 0 Å². The Balaban J connectivity index is 1.65. The van der Waals surface area contributed by atoms with Crippen LogP contribution in [0.4, 0.5) is 4.79 Å². The second kappa shape index (κ2) is 10.7. The highest BCUT2D eigenvalue weighted by atomic mass is 16.6. The van der Waals surface area contributed by atoms with Crippen molar-refractivity contribution in [3.05, 3.63) is 65.9 Å². The van der Waals surface area contributed by atoms with Crippen LogP contribution < -0.4 is 4.74 Å². The summed E-state index contributed by atoms with van der Waals surface area (Å²) in [5, 5.41) is 14.7. The van der Waals surface area contributed by atoms with Gasteiger partial charge in [0.2, 0.25) is 0 Å². The Labute approximate surface area is 216 Å². The summed E-state index contributed by atoms with van der Waals surface area (Å²) in [6.45, 7) is 8.05. The summed E-state index contributed by atoms with van der Waals surface area (Å²) in [5.74, 6) is 0.706. The minimum atomic E-state index is -0.627. The van der Waals surface area contributed by atoms with Crippen molar-refractivity contribution >= 4 is 12.1 Å². The maximum atomic E-state index is 12.9. The highest BCUT2D eigenvalue weighted by Gasteiger charge is 2.35. The first-order valence-electron chi connectivity index (χ1n) is 12.2. The number of aromatic nitrogens is 2. The second-order valence-corrected chi connectivity index (χ2v) is 9.66. The molecule has 1 atom stereocenters. The van der Waals surface area contributed by atoms with E-state index in [1.807, 2.05) is 51.1 Å². The molecule has 4 rings (SSSR count). The van der Waals surface area contributed by atoms with Gasteiger partial charge in [0.05, 0.1) is 12.6 Å². The zero-order chi connectivity index (χ0) is 26.6. The molecule has 1 aromatic heterocycles. The van der Waals surface area contributed by atoms with Gasteiger partial charge in [0.25, 0.3) is 0 Å². The van der Waals surface area contributed by atoms with Crippen molar-refractivity contribution in [2.45, 2.75) is 45.8 Å². The largest absolute Gasteiger partial charge is 0.461 e. The molecule has 2 aromatic carbocycles. The summed E-state index contributed by atoms with van der Waals surface area (Å²) in [7, 11) is 0. The number of nitriles is 1. The molecule has 0 radical (unpaired) electrons. The van der Waals surface area contributed by atoms with Crippen molar-refractivity contribution in [1.82, 2.24) is 14.7 Å². The summed E-state index contributed by atoms with van der Waals surface area (Å²) in [4.78, 5) is 27.1. The van der Waals surface area contributed by atoms with Crippen molar-refractivity contribution < 1.29 is 23.8 Å². The predicted molar refractivity (Wildman–Crippen MR) is 136 cm³/mol. The number of hydrogen-bond donors (Lipinski definition) is 0. The van der Waals surface area contributed by atoms with E-state index in [-0.39, 0.29) is 23.9 Å². The van der Waals surface area contributed by atoms with Gasteiger partial charge in [-0.15, -0.1) is 0 Å². The van der Waals surface area contributed by atoms with Gasteiger partial charge in [-0.1, -0.05) is 18.2 Å². The van der Waals surface area contributed by atoms with Crippen LogP contribution in [0.25, 0.3) is 11.3 Å². The Kier molecular flexibility index (Phi) is 7.48. The lowest BCUT2D eigenvalue weighted by molar-refractivity contribution is 0.0288. The predicted octanol–water partition coefficient (Wildman–Crippen LogP) is 5.57. The van der Waals surface area contributed by atoms with Crippen molar-refractivity contribution in [3.8, 4) is 28.8 Å². The molecular formula is C28H30N4O5. The van der Waals surface area contributed by atoms with Gasteiger partial charge in [0.15, 0.2) is 5.69 Å². The number of esters is 1. The van der Waals surface area contributed by atoms with E-state index in [0.29, 0.717) is 42.3 Å². The Hall–Kier alpha value is -4.32. The molecule has 3 aromatic rings. The maximum Gasteiger partial charge on any atom is 0.410 e. The number of nitrogens with zero attached hydrogens (tertiary/aromatic N) is 4. The minimum absolute atomic E-state index is 0.0833. The van der Waals surface area contributed by atoms with Crippen LogP contribution in [-0.4, -0.2) is 52.0 Å². The SMILES string of the molecule is CCOC(=O)c1c(C#N)c(-c2ccc(Oc3ccccc3)cc2)nn1[C@@H]1CCN(C(=O)OC(C)(C)C)C1. The second-order valence-electron chi connectivity index (χ2n) is 9.66. The molecule has 1 aliphatic rings. The molecule has 1 aliphatic heterocycles. The number of rotatable bonds is 6. The Morgan fingerprint density at radius 3 is 2.38 bits per heavy atom. The third-order valence-corrected chi connectivity index (χ3v) is 5.76. The van der Waals surface area contributed by atoms with Gasteiger partial charge in [-0.2, -0.15) is 10.4 Å². The van der Waals surface area contributed by atoms with E-state index in [2.05, 4.69) is 6.07 Å². The molecule has 37 heavy (non-hydrogen) atoms. The average Bonchev–Trinajstić information content (AvgIpc) is 3.49. The molecule has 9 heteroatoms. The first-order chi connectivity index (χ1) is 17.7. The van der Waals surface area contributed by atoms with Gasteiger partial charge in [0.1, 0.15) is 34.4 Å². The van der Waals surface area contributed by atoms with Crippen LogP contribution in [0.2, 0.25) is 0 Å². The van der Waals surface area contributed by atoms with Crippen LogP contribution in [0.5, 0.6) is 11.5 Å². The zero-order valence-electron chi connectivity index (χ0n) is 21.4. The molecule has 0 aliphatic carbocycles. The molecule has 1 saturated heterocycles. The fraction of sp³-hybridized carbons (Fsp3) is 0.357. The number of ether oxygens (including phenoxy) is 3. The standard InChI is InChI=1S/C28H30N4O5/c1-5-35-26(33)25-23(17-29)24(19-11-13-22(14-12-19)36-21-9-7-6-8-10-21)30-32(25)20-15-16-31(18-20)27(34)37-28(2,3)4/h6-14,20H,5,15-16,18H2,1-4H3/t20-/m1/s1. The molecule has 1 fully saturated rings.